The maximum atomic E-state index is 10.4. The van der Waals surface area contributed by atoms with Crippen LogP contribution in [0.25, 0.3) is 0 Å². The first-order valence-corrected chi connectivity index (χ1v) is 4.83. The summed E-state index contributed by atoms with van der Waals surface area (Å²) in [6.45, 7) is 4.87. The summed E-state index contributed by atoms with van der Waals surface area (Å²) < 4.78 is 5.47. The molecule has 2 amide bonds. The minimum absolute atomic E-state index is 0.419. The van der Waals surface area contributed by atoms with Gasteiger partial charge in [0.05, 0.1) is 6.54 Å². The first kappa shape index (κ1) is 11.4. The molecular formula is C11H16N2O2. The van der Waals surface area contributed by atoms with E-state index in [-0.39, 0.29) is 0 Å². The third-order valence-electron chi connectivity index (χ3n) is 1.99. The number of benzene rings is 1. The van der Waals surface area contributed by atoms with Crippen LogP contribution in [0.3, 0.4) is 0 Å². The molecule has 0 radical (unpaired) electrons. The largest absolute Gasteiger partial charge is 0.491 e. The van der Waals surface area contributed by atoms with Crippen LogP contribution < -0.4 is 15.8 Å². The van der Waals surface area contributed by atoms with Gasteiger partial charge in [0.15, 0.2) is 0 Å². The summed E-state index contributed by atoms with van der Waals surface area (Å²) in [5, 5.41) is 2.46. The standard InChI is InChI=1S/C11H16N2O2/c1-8-3-4-10(9(2)7-8)15-6-5-13-11(12)14/h3-4,7H,5-6H2,1-2H3,(H3,12,13,14). The van der Waals surface area contributed by atoms with E-state index in [1.54, 1.807) is 0 Å². The van der Waals surface area contributed by atoms with E-state index in [0.29, 0.717) is 13.2 Å². The fraction of sp³-hybridized carbons (Fsp3) is 0.364. The van der Waals surface area contributed by atoms with Gasteiger partial charge in [0.1, 0.15) is 12.4 Å². The van der Waals surface area contributed by atoms with Crippen molar-refractivity contribution < 1.29 is 9.53 Å². The molecule has 0 bridgehead atoms. The maximum absolute atomic E-state index is 10.4. The molecule has 0 fully saturated rings. The van der Waals surface area contributed by atoms with Gasteiger partial charge < -0.3 is 15.8 Å². The van der Waals surface area contributed by atoms with Gasteiger partial charge in [-0.1, -0.05) is 17.7 Å². The SMILES string of the molecule is Cc1ccc(OCCNC(N)=O)c(C)c1. The van der Waals surface area contributed by atoms with Crippen molar-refractivity contribution in [1.29, 1.82) is 0 Å². The number of nitrogens with two attached hydrogens (primary N) is 1. The van der Waals surface area contributed by atoms with Crippen molar-refractivity contribution in [2.45, 2.75) is 13.8 Å². The summed E-state index contributed by atoms with van der Waals surface area (Å²) in [6.07, 6.45) is 0. The molecule has 1 aromatic rings. The highest BCUT2D eigenvalue weighted by Crippen LogP contribution is 2.18. The summed E-state index contributed by atoms with van der Waals surface area (Å²) in [6, 6.07) is 5.44. The molecule has 0 aliphatic heterocycles. The van der Waals surface area contributed by atoms with Crippen LogP contribution in [0.1, 0.15) is 11.1 Å². The van der Waals surface area contributed by atoms with Crippen LogP contribution in [-0.4, -0.2) is 19.2 Å². The van der Waals surface area contributed by atoms with E-state index in [4.69, 9.17) is 10.5 Å². The Labute approximate surface area is 89.4 Å². The van der Waals surface area contributed by atoms with Crippen LogP contribution in [0.15, 0.2) is 18.2 Å². The van der Waals surface area contributed by atoms with E-state index in [0.717, 1.165) is 11.3 Å². The van der Waals surface area contributed by atoms with Crippen LogP contribution in [0.4, 0.5) is 4.79 Å². The van der Waals surface area contributed by atoms with Crippen LogP contribution in [0, 0.1) is 13.8 Å². The zero-order valence-electron chi connectivity index (χ0n) is 9.04. The average molecular weight is 208 g/mol. The molecule has 1 rings (SSSR count). The molecule has 1 aromatic carbocycles. The molecule has 0 heterocycles. The number of carbonyl (C=O) groups is 1. The summed E-state index contributed by atoms with van der Waals surface area (Å²) in [4.78, 5) is 10.4. The van der Waals surface area contributed by atoms with Crippen LogP contribution >= 0.6 is 0 Å². The zero-order chi connectivity index (χ0) is 11.3. The average Bonchev–Trinajstić information content (AvgIpc) is 2.14. The smallest absolute Gasteiger partial charge is 0.312 e. The fourth-order valence-corrected chi connectivity index (χ4v) is 1.30. The zero-order valence-corrected chi connectivity index (χ0v) is 9.04. The summed E-state index contributed by atoms with van der Waals surface area (Å²) in [5.74, 6) is 0.840. The molecule has 15 heavy (non-hydrogen) atoms. The van der Waals surface area contributed by atoms with Crippen molar-refractivity contribution in [2.24, 2.45) is 5.73 Å². The minimum Gasteiger partial charge on any atom is -0.491 e. The third-order valence-corrected chi connectivity index (χ3v) is 1.99. The number of primary amides is 1. The Bertz CT molecular complexity index is 350. The number of hydrogen-bond donors (Lipinski definition) is 2. The highest BCUT2D eigenvalue weighted by molar-refractivity contribution is 5.71. The summed E-state index contributed by atoms with van der Waals surface area (Å²) in [5.41, 5.74) is 7.21. The van der Waals surface area contributed by atoms with Gasteiger partial charge in [0, 0.05) is 0 Å². The van der Waals surface area contributed by atoms with Gasteiger partial charge in [0.2, 0.25) is 0 Å². The Kier molecular flexibility index (Phi) is 3.97. The number of aryl methyl sites for hydroxylation is 2. The number of urea groups is 1. The molecular weight excluding hydrogens is 192 g/mol. The first-order valence-electron chi connectivity index (χ1n) is 4.83. The molecule has 0 aromatic heterocycles. The van der Waals surface area contributed by atoms with E-state index in [1.165, 1.54) is 5.56 Å². The van der Waals surface area contributed by atoms with Crippen molar-refractivity contribution >= 4 is 6.03 Å². The van der Waals surface area contributed by atoms with Crippen molar-refractivity contribution in [3.05, 3.63) is 29.3 Å². The van der Waals surface area contributed by atoms with Crippen molar-refractivity contribution in [2.75, 3.05) is 13.2 Å². The lowest BCUT2D eigenvalue weighted by atomic mass is 10.1. The number of amides is 2. The number of hydrogen-bond acceptors (Lipinski definition) is 2. The predicted molar refractivity (Wildman–Crippen MR) is 59.0 cm³/mol. The fourth-order valence-electron chi connectivity index (χ4n) is 1.30. The topological polar surface area (TPSA) is 64.3 Å². The third kappa shape index (κ3) is 3.89. The second kappa shape index (κ2) is 5.24. The normalized spacial score (nSPS) is 9.73. The molecule has 0 atom stereocenters. The maximum Gasteiger partial charge on any atom is 0.312 e. The molecule has 3 N–H and O–H groups in total. The first-order chi connectivity index (χ1) is 7.09. The monoisotopic (exact) mass is 208 g/mol. The van der Waals surface area contributed by atoms with Gasteiger partial charge in [0.25, 0.3) is 0 Å². The Hall–Kier alpha value is -1.71. The number of ether oxygens (including phenoxy) is 1. The number of nitrogens with one attached hydrogen (secondary N) is 1. The Morgan fingerprint density at radius 2 is 2.20 bits per heavy atom. The van der Waals surface area contributed by atoms with Crippen molar-refractivity contribution in [3.63, 3.8) is 0 Å². The van der Waals surface area contributed by atoms with E-state index < -0.39 is 6.03 Å². The van der Waals surface area contributed by atoms with E-state index in [9.17, 15) is 4.79 Å². The molecule has 82 valence electrons. The summed E-state index contributed by atoms with van der Waals surface area (Å²) >= 11 is 0. The van der Waals surface area contributed by atoms with E-state index >= 15 is 0 Å². The van der Waals surface area contributed by atoms with Crippen molar-refractivity contribution in [1.82, 2.24) is 5.32 Å². The number of carbonyl (C=O) groups excluding carboxylic acids is 1. The van der Waals surface area contributed by atoms with E-state index in [2.05, 4.69) is 11.4 Å². The minimum atomic E-state index is -0.528. The highest BCUT2D eigenvalue weighted by Gasteiger charge is 1.99. The van der Waals surface area contributed by atoms with Crippen LogP contribution in [0.2, 0.25) is 0 Å². The molecule has 4 nitrogen and oxygen atoms in total. The molecule has 0 aliphatic rings. The second-order valence-electron chi connectivity index (χ2n) is 3.41. The molecule has 0 saturated carbocycles. The lowest BCUT2D eigenvalue weighted by Gasteiger charge is -2.09. The lowest BCUT2D eigenvalue weighted by Crippen LogP contribution is -2.32. The number of rotatable bonds is 4. The Morgan fingerprint density at radius 1 is 1.47 bits per heavy atom. The van der Waals surface area contributed by atoms with Gasteiger partial charge in [-0.3, -0.25) is 0 Å². The van der Waals surface area contributed by atoms with Crippen molar-refractivity contribution in [3.8, 4) is 5.75 Å². The van der Waals surface area contributed by atoms with E-state index in [1.807, 2.05) is 26.0 Å². The molecule has 0 spiro atoms. The van der Waals surface area contributed by atoms with Gasteiger partial charge in [-0.25, -0.2) is 4.79 Å². The van der Waals surface area contributed by atoms with Gasteiger partial charge in [-0.2, -0.15) is 0 Å². The van der Waals surface area contributed by atoms with Gasteiger partial charge in [-0.05, 0) is 25.5 Å². The summed E-state index contributed by atoms with van der Waals surface area (Å²) in [7, 11) is 0. The lowest BCUT2D eigenvalue weighted by molar-refractivity contribution is 0.244. The van der Waals surface area contributed by atoms with Crippen LogP contribution in [-0.2, 0) is 0 Å². The molecule has 0 aliphatic carbocycles. The molecule has 0 saturated heterocycles. The Morgan fingerprint density at radius 3 is 2.80 bits per heavy atom. The van der Waals surface area contributed by atoms with Crippen LogP contribution in [0.5, 0.6) is 5.75 Å². The Balaban J connectivity index is 2.40. The van der Waals surface area contributed by atoms with Gasteiger partial charge >= 0.3 is 6.03 Å². The highest BCUT2D eigenvalue weighted by atomic mass is 16.5. The van der Waals surface area contributed by atoms with Gasteiger partial charge in [-0.15, -0.1) is 0 Å². The second-order valence-corrected chi connectivity index (χ2v) is 3.41. The molecule has 4 heteroatoms. The molecule has 0 unspecified atom stereocenters. The predicted octanol–water partition coefficient (Wildman–Crippen LogP) is 1.35. The quantitative estimate of drug-likeness (QED) is 0.733.